The van der Waals surface area contributed by atoms with Crippen LogP contribution in [0, 0.1) is 0 Å². The first-order valence-electron chi connectivity index (χ1n) is 13.6. The lowest BCUT2D eigenvalue weighted by Crippen LogP contribution is -2.29. The quantitative estimate of drug-likeness (QED) is 0.338. The first kappa shape index (κ1) is 25.8. The highest BCUT2D eigenvalue weighted by molar-refractivity contribution is 6.05. The molecular formula is C28H26N8O6. The fourth-order valence-corrected chi connectivity index (χ4v) is 4.73. The van der Waals surface area contributed by atoms with Crippen molar-refractivity contribution in [2.24, 2.45) is 15.7 Å². The Balaban J connectivity index is 1.22. The number of ether oxygens (including phenoxy) is 1. The summed E-state index contributed by atoms with van der Waals surface area (Å²) < 4.78 is 28.4. The van der Waals surface area contributed by atoms with Gasteiger partial charge in [0, 0.05) is 18.6 Å². The van der Waals surface area contributed by atoms with E-state index < -0.39 is 18.0 Å². The Kier molecular flexibility index (Phi) is 6.79. The number of carbonyl (C=O) groups excluding carboxylic acids is 1. The Morgan fingerprint density at radius 3 is 2.60 bits per heavy atom. The average Bonchev–Trinajstić information content (AvgIpc) is 3.82. The van der Waals surface area contributed by atoms with E-state index in [1.165, 1.54) is 18.8 Å². The smallest absolute Gasteiger partial charge is 0.273 e. The summed E-state index contributed by atoms with van der Waals surface area (Å²) >= 11 is 0. The predicted molar refractivity (Wildman–Crippen MR) is 146 cm³/mol. The van der Waals surface area contributed by atoms with E-state index in [0.29, 0.717) is 60.6 Å². The van der Waals surface area contributed by atoms with Gasteiger partial charge in [0.15, 0.2) is 23.1 Å². The van der Waals surface area contributed by atoms with Crippen LogP contribution in [0.2, 0.25) is 0 Å². The van der Waals surface area contributed by atoms with Crippen LogP contribution in [-0.2, 0) is 11.2 Å². The third-order valence-electron chi connectivity index (χ3n) is 6.88. The van der Waals surface area contributed by atoms with Crippen LogP contribution in [0.25, 0.3) is 23.2 Å². The number of rotatable bonds is 4. The predicted octanol–water partition coefficient (Wildman–Crippen LogP) is 3.88. The molecule has 3 aliphatic rings. The van der Waals surface area contributed by atoms with Crippen LogP contribution in [0.4, 0.5) is 0 Å². The van der Waals surface area contributed by atoms with Crippen molar-refractivity contribution in [2.45, 2.75) is 44.2 Å². The Morgan fingerprint density at radius 1 is 0.881 bits per heavy atom. The normalized spacial score (nSPS) is 20.7. The molecule has 0 fully saturated rings. The van der Waals surface area contributed by atoms with Crippen molar-refractivity contribution in [1.82, 2.24) is 25.3 Å². The number of nitrogens with zero attached hydrogens (tertiary/aromatic N) is 6. The number of unbranched alkanes of at least 4 members (excludes halogenated alkanes) is 1. The average molecular weight is 571 g/mol. The van der Waals surface area contributed by atoms with Gasteiger partial charge in [0.25, 0.3) is 5.91 Å². The number of hydrogen-bond donors (Lipinski definition) is 2. The molecule has 2 unspecified atom stereocenters. The van der Waals surface area contributed by atoms with Crippen LogP contribution in [0.15, 0.2) is 76.6 Å². The SMILES string of the molecule is NCCCCC1NC(=O)c2coc(n2)C2COC(=N2)C2=CCC(=N2)/C=C/Cc2coc(n2)-c2coc(n2)-c2coc1n2. The van der Waals surface area contributed by atoms with Gasteiger partial charge in [-0.1, -0.05) is 6.08 Å². The van der Waals surface area contributed by atoms with Crippen LogP contribution in [0.3, 0.4) is 0 Å². The van der Waals surface area contributed by atoms with E-state index in [4.69, 9.17) is 28.1 Å². The molecule has 2 atom stereocenters. The second-order valence-electron chi connectivity index (χ2n) is 9.90. The van der Waals surface area contributed by atoms with E-state index in [9.17, 15) is 4.79 Å². The molecule has 7 rings (SSSR count). The van der Waals surface area contributed by atoms with E-state index in [0.717, 1.165) is 24.2 Å². The highest BCUT2D eigenvalue weighted by atomic mass is 16.5. The molecule has 12 bridgehead atoms. The third kappa shape index (κ3) is 5.19. The van der Waals surface area contributed by atoms with E-state index in [1.807, 2.05) is 18.2 Å². The molecule has 0 radical (unpaired) electrons. The molecule has 42 heavy (non-hydrogen) atoms. The van der Waals surface area contributed by atoms with Crippen molar-refractivity contribution in [3.63, 3.8) is 0 Å². The number of fused-ring (bicyclic) bond motifs is 14. The number of aliphatic imine (C=N–C) groups is 2. The summed E-state index contributed by atoms with van der Waals surface area (Å²) in [6.45, 7) is 0.754. The molecule has 0 aromatic carbocycles. The summed E-state index contributed by atoms with van der Waals surface area (Å²) in [5, 5.41) is 2.95. The maximum Gasteiger partial charge on any atom is 0.273 e. The number of hydrogen-bond acceptors (Lipinski definition) is 13. The molecule has 0 saturated carbocycles. The fourth-order valence-electron chi connectivity index (χ4n) is 4.73. The van der Waals surface area contributed by atoms with Gasteiger partial charge < -0.3 is 33.5 Å². The Morgan fingerprint density at radius 2 is 1.67 bits per heavy atom. The monoisotopic (exact) mass is 570 g/mol. The zero-order chi connectivity index (χ0) is 28.5. The third-order valence-corrected chi connectivity index (χ3v) is 6.88. The van der Waals surface area contributed by atoms with Crippen molar-refractivity contribution < 1.29 is 27.2 Å². The number of nitrogens with one attached hydrogen (secondary N) is 1. The van der Waals surface area contributed by atoms with Crippen LogP contribution >= 0.6 is 0 Å². The van der Waals surface area contributed by atoms with E-state index in [-0.39, 0.29) is 24.1 Å². The van der Waals surface area contributed by atoms with Crippen molar-refractivity contribution in [2.75, 3.05) is 13.2 Å². The van der Waals surface area contributed by atoms with Crippen molar-refractivity contribution >= 4 is 17.5 Å². The van der Waals surface area contributed by atoms with E-state index in [2.05, 4.69) is 35.2 Å². The molecule has 7 heterocycles. The van der Waals surface area contributed by atoms with Crippen LogP contribution in [0.5, 0.6) is 0 Å². The molecule has 14 heteroatoms. The van der Waals surface area contributed by atoms with Gasteiger partial charge in [-0.25, -0.2) is 29.9 Å². The van der Waals surface area contributed by atoms with Crippen LogP contribution in [0.1, 0.15) is 65.7 Å². The second kappa shape index (κ2) is 11.0. The number of nitrogens with two attached hydrogens (primary N) is 1. The summed E-state index contributed by atoms with van der Waals surface area (Å²) in [4.78, 5) is 40.4. The summed E-state index contributed by atoms with van der Waals surface area (Å²) in [6.07, 6.45) is 14.8. The lowest BCUT2D eigenvalue weighted by molar-refractivity contribution is 0.0922. The highest BCUT2D eigenvalue weighted by Crippen LogP contribution is 2.29. The Hall–Kier alpha value is -5.11. The second-order valence-corrected chi connectivity index (χ2v) is 9.90. The zero-order valence-corrected chi connectivity index (χ0v) is 22.4. The van der Waals surface area contributed by atoms with Crippen LogP contribution < -0.4 is 11.1 Å². The molecule has 0 aliphatic carbocycles. The molecule has 0 saturated heterocycles. The molecule has 14 nitrogen and oxygen atoms in total. The highest BCUT2D eigenvalue weighted by Gasteiger charge is 2.30. The number of oxazole rings is 4. The first-order valence-corrected chi connectivity index (χ1v) is 13.6. The zero-order valence-electron chi connectivity index (χ0n) is 22.4. The number of amides is 1. The lowest BCUT2D eigenvalue weighted by atomic mass is 10.1. The Bertz CT molecular complexity index is 1740. The van der Waals surface area contributed by atoms with E-state index in [1.54, 1.807) is 6.26 Å². The lowest BCUT2D eigenvalue weighted by Gasteiger charge is -2.14. The van der Waals surface area contributed by atoms with Gasteiger partial charge in [-0.05, 0) is 38.0 Å². The minimum atomic E-state index is -0.555. The molecule has 3 aliphatic heterocycles. The van der Waals surface area contributed by atoms with Gasteiger partial charge >= 0.3 is 0 Å². The minimum absolute atomic E-state index is 0.104. The number of carbonyl (C=O) groups is 1. The molecule has 214 valence electrons. The molecule has 3 N–H and O–H groups in total. The van der Waals surface area contributed by atoms with Crippen LogP contribution in [-0.4, -0.2) is 50.6 Å². The van der Waals surface area contributed by atoms with Crippen molar-refractivity contribution in [3.8, 4) is 23.2 Å². The van der Waals surface area contributed by atoms with Gasteiger partial charge in [0.05, 0.1) is 5.69 Å². The first-order chi connectivity index (χ1) is 20.6. The maximum absolute atomic E-state index is 13.2. The standard InChI is InChI=1S/C28H26N8O6/c29-9-2-1-6-17-24-34-22(14-40-24)28-36-20(12-42-28)26-31-16(10-38-26)5-3-4-15-7-8-18(30-15)25-35-21(13-41-25)27-33-19(11-39-27)23(37)32-17/h3-4,8,10-12,14,17,21H,1-2,5-7,9,13,29H2,(H,32,37)/b4-3+. The molecular weight excluding hydrogens is 544 g/mol. The summed E-state index contributed by atoms with van der Waals surface area (Å²) in [6, 6.07) is -1.05. The van der Waals surface area contributed by atoms with Crippen molar-refractivity contribution in [1.29, 1.82) is 0 Å². The molecule has 4 aromatic rings. The number of aromatic nitrogens is 4. The summed E-state index contributed by atoms with van der Waals surface area (Å²) in [5.41, 5.74) is 8.81. The molecule has 1 amide bonds. The molecule has 0 spiro atoms. The van der Waals surface area contributed by atoms with E-state index >= 15 is 0 Å². The largest absolute Gasteiger partial charge is 0.474 e. The summed E-state index contributed by atoms with van der Waals surface area (Å²) in [7, 11) is 0. The maximum atomic E-state index is 13.2. The van der Waals surface area contributed by atoms with Gasteiger partial charge in [-0.15, -0.1) is 0 Å². The van der Waals surface area contributed by atoms with Gasteiger partial charge in [-0.3, -0.25) is 4.79 Å². The Labute approximate surface area is 238 Å². The topological polar surface area (TPSA) is 193 Å². The van der Waals surface area contributed by atoms with Gasteiger partial charge in [0.2, 0.25) is 29.5 Å². The fraction of sp³-hybridized carbons (Fsp3) is 0.321. The minimum Gasteiger partial charge on any atom is -0.474 e. The summed E-state index contributed by atoms with van der Waals surface area (Å²) in [5.74, 6) is 1.08. The molecule has 4 aromatic heterocycles. The number of allylic oxidation sites excluding steroid dienone is 3. The van der Waals surface area contributed by atoms with Gasteiger partial charge in [0.1, 0.15) is 43.4 Å². The van der Waals surface area contributed by atoms with Gasteiger partial charge in [-0.2, -0.15) is 0 Å². The van der Waals surface area contributed by atoms with Crippen molar-refractivity contribution in [3.05, 3.63) is 72.1 Å².